The second-order valence-electron chi connectivity index (χ2n) is 8.72. The van der Waals surface area contributed by atoms with Crippen LogP contribution >= 0.6 is 34.5 Å². The number of nitrogens with zero attached hydrogens (tertiary/aromatic N) is 2. The molecule has 1 aromatic heterocycles. The molecule has 2 aliphatic rings. The summed E-state index contributed by atoms with van der Waals surface area (Å²) in [5.41, 5.74) is -0.886. The molecular formula is C23H28Cl2N2O5S2. The van der Waals surface area contributed by atoms with Gasteiger partial charge in [-0.05, 0) is 49.3 Å². The lowest BCUT2D eigenvalue weighted by Gasteiger charge is -2.38. The van der Waals surface area contributed by atoms with E-state index in [0.717, 1.165) is 17.7 Å². The minimum absolute atomic E-state index is 0.0838. The number of sulfonamides is 1. The van der Waals surface area contributed by atoms with Crippen molar-refractivity contribution in [3.05, 3.63) is 50.6 Å². The number of aliphatic hydroxyl groups is 1. The van der Waals surface area contributed by atoms with Crippen molar-refractivity contribution in [1.29, 1.82) is 0 Å². The van der Waals surface area contributed by atoms with Crippen LogP contribution in [-0.4, -0.2) is 67.5 Å². The van der Waals surface area contributed by atoms with Gasteiger partial charge in [-0.25, -0.2) is 8.42 Å². The van der Waals surface area contributed by atoms with E-state index in [1.165, 1.54) is 27.8 Å². The van der Waals surface area contributed by atoms with Gasteiger partial charge in [0, 0.05) is 30.6 Å². The average Bonchev–Trinajstić information content (AvgIpc) is 3.35. The molecule has 34 heavy (non-hydrogen) atoms. The zero-order valence-electron chi connectivity index (χ0n) is 18.7. The molecule has 0 aliphatic carbocycles. The number of piperidine rings is 2. The monoisotopic (exact) mass is 546 g/mol. The fourth-order valence-corrected chi connectivity index (χ4v) is 8.25. The van der Waals surface area contributed by atoms with Crippen LogP contribution in [-0.2, 0) is 25.2 Å². The van der Waals surface area contributed by atoms with Gasteiger partial charge >= 0.3 is 0 Å². The molecule has 4 rings (SSSR count). The summed E-state index contributed by atoms with van der Waals surface area (Å²) >= 11 is 13.9. The first-order chi connectivity index (χ1) is 16.2. The van der Waals surface area contributed by atoms with Crippen LogP contribution in [0.5, 0.6) is 0 Å². The Morgan fingerprint density at radius 3 is 2.47 bits per heavy atom. The van der Waals surface area contributed by atoms with Crippen molar-refractivity contribution in [2.75, 3.05) is 32.8 Å². The van der Waals surface area contributed by atoms with Crippen molar-refractivity contribution in [3.8, 4) is 0 Å². The molecule has 1 N–H and O–H groups in total. The van der Waals surface area contributed by atoms with E-state index in [2.05, 4.69) is 0 Å². The van der Waals surface area contributed by atoms with Crippen molar-refractivity contribution in [2.45, 2.75) is 48.6 Å². The lowest BCUT2D eigenvalue weighted by molar-refractivity contribution is -0.141. The molecule has 2 aliphatic heterocycles. The molecule has 1 aromatic carbocycles. The number of rotatable bonds is 7. The number of halogens is 2. The molecule has 0 spiro atoms. The van der Waals surface area contributed by atoms with E-state index in [1.54, 1.807) is 11.0 Å². The summed E-state index contributed by atoms with van der Waals surface area (Å²) in [5.74, 6) is -0.160. The van der Waals surface area contributed by atoms with Crippen LogP contribution < -0.4 is 0 Å². The van der Waals surface area contributed by atoms with Crippen molar-refractivity contribution < 1.29 is 23.1 Å². The molecule has 2 aromatic rings. The van der Waals surface area contributed by atoms with Gasteiger partial charge in [0.05, 0.1) is 16.7 Å². The van der Waals surface area contributed by atoms with Crippen molar-refractivity contribution in [2.24, 2.45) is 0 Å². The largest absolute Gasteiger partial charge is 0.384 e. The highest BCUT2D eigenvalue weighted by Gasteiger charge is 2.38. The van der Waals surface area contributed by atoms with E-state index >= 15 is 0 Å². The Morgan fingerprint density at radius 2 is 1.82 bits per heavy atom. The van der Waals surface area contributed by atoms with Gasteiger partial charge in [0.25, 0.3) is 0 Å². The maximum atomic E-state index is 13.3. The van der Waals surface area contributed by atoms with Gasteiger partial charge in [0.2, 0.25) is 15.9 Å². The second-order valence-corrected chi connectivity index (χ2v) is 12.3. The van der Waals surface area contributed by atoms with E-state index in [-0.39, 0.29) is 34.1 Å². The zero-order valence-corrected chi connectivity index (χ0v) is 21.8. The van der Waals surface area contributed by atoms with E-state index < -0.39 is 21.7 Å². The fourth-order valence-electron chi connectivity index (χ4n) is 4.59. The summed E-state index contributed by atoms with van der Waals surface area (Å²) in [7, 11) is -3.91. The van der Waals surface area contributed by atoms with E-state index in [0.29, 0.717) is 38.9 Å². The summed E-state index contributed by atoms with van der Waals surface area (Å²) in [4.78, 5) is 15.2. The normalized spacial score (nSPS) is 21.5. The van der Waals surface area contributed by atoms with E-state index in [1.807, 2.05) is 17.5 Å². The Morgan fingerprint density at radius 1 is 1.12 bits per heavy atom. The summed E-state index contributed by atoms with van der Waals surface area (Å²) in [6.07, 6.45) is 3.20. The standard InChI is InChI=1S/C23H28Cl2N2O5S2/c24-18-6-3-7-19(25)22(18)34(30,31)27-11-2-1-5-17(27)15-32-16-21(28)26-12-9-23(29,10-13-26)20-8-4-14-33-20/h3-4,6-8,14,17,29H,1-2,5,9-13,15-16H2. The molecule has 3 heterocycles. The number of carbonyl (C=O) groups is 1. The van der Waals surface area contributed by atoms with Gasteiger partial charge < -0.3 is 14.7 Å². The molecule has 1 atom stereocenters. The van der Waals surface area contributed by atoms with Crippen LogP contribution in [0.3, 0.4) is 0 Å². The smallest absolute Gasteiger partial charge is 0.248 e. The number of amides is 1. The predicted octanol–water partition coefficient (Wildman–Crippen LogP) is 4.12. The molecule has 2 saturated heterocycles. The van der Waals surface area contributed by atoms with Crippen molar-refractivity contribution in [1.82, 2.24) is 9.21 Å². The first-order valence-corrected chi connectivity index (χ1v) is 14.4. The number of likely N-dealkylation sites (tertiary alicyclic amines) is 1. The first-order valence-electron chi connectivity index (χ1n) is 11.3. The molecule has 0 bridgehead atoms. The van der Waals surface area contributed by atoms with E-state index in [4.69, 9.17) is 27.9 Å². The summed E-state index contributed by atoms with van der Waals surface area (Å²) in [6, 6.07) is 8.06. The van der Waals surface area contributed by atoms with E-state index in [9.17, 15) is 18.3 Å². The first kappa shape index (κ1) is 25.9. The van der Waals surface area contributed by atoms with Crippen LogP contribution in [0.25, 0.3) is 0 Å². The molecule has 0 saturated carbocycles. The maximum Gasteiger partial charge on any atom is 0.248 e. The number of benzene rings is 1. The quantitative estimate of drug-likeness (QED) is 0.564. The van der Waals surface area contributed by atoms with Gasteiger partial charge in [-0.1, -0.05) is 41.8 Å². The number of hydrogen-bond donors (Lipinski definition) is 1. The minimum atomic E-state index is -3.91. The highest BCUT2D eigenvalue weighted by atomic mass is 35.5. The number of hydrogen-bond acceptors (Lipinski definition) is 6. The summed E-state index contributed by atoms with van der Waals surface area (Å²) < 4.78 is 33.8. The summed E-state index contributed by atoms with van der Waals surface area (Å²) in [5, 5.41) is 13.0. The highest BCUT2D eigenvalue weighted by Crippen LogP contribution is 2.36. The Bertz CT molecular complexity index is 1080. The van der Waals surface area contributed by atoms with Crippen molar-refractivity contribution >= 4 is 50.5 Å². The lowest BCUT2D eigenvalue weighted by Crippen LogP contribution is -2.48. The third kappa shape index (κ3) is 5.46. The Labute approximate surface area is 214 Å². The second kappa shape index (κ2) is 10.8. The van der Waals surface area contributed by atoms with Crippen molar-refractivity contribution in [3.63, 3.8) is 0 Å². The molecule has 186 valence electrons. The predicted molar refractivity (Wildman–Crippen MR) is 133 cm³/mol. The Kier molecular flexibility index (Phi) is 8.24. The highest BCUT2D eigenvalue weighted by molar-refractivity contribution is 7.89. The number of thiophene rings is 1. The van der Waals surface area contributed by atoms with Crippen LogP contribution in [0.4, 0.5) is 0 Å². The van der Waals surface area contributed by atoms with Gasteiger partial charge in [-0.2, -0.15) is 4.31 Å². The Balaban J connectivity index is 1.33. The third-order valence-electron chi connectivity index (χ3n) is 6.52. The average molecular weight is 548 g/mol. The molecule has 2 fully saturated rings. The third-order valence-corrected chi connectivity index (χ3v) is 10.5. The van der Waals surface area contributed by atoms with Crippen LogP contribution in [0.1, 0.15) is 37.0 Å². The summed E-state index contributed by atoms with van der Waals surface area (Å²) in [6.45, 7) is 1.23. The molecule has 7 nitrogen and oxygen atoms in total. The fraction of sp³-hybridized carbons (Fsp3) is 0.522. The molecule has 0 radical (unpaired) electrons. The SMILES string of the molecule is O=C(COCC1CCCCN1S(=O)(=O)c1c(Cl)cccc1Cl)N1CCC(O)(c2cccs2)CC1. The maximum absolute atomic E-state index is 13.3. The minimum Gasteiger partial charge on any atom is -0.384 e. The Hall–Kier alpha value is -1.20. The molecular weight excluding hydrogens is 519 g/mol. The van der Waals surface area contributed by atoms with Gasteiger partial charge in [0.1, 0.15) is 17.1 Å². The topological polar surface area (TPSA) is 87.2 Å². The van der Waals surface area contributed by atoms with Gasteiger partial charge in [-0.3, -0.25) is 4.79 Å². The van der Waals surface area contributed by atoms with Gasteiger partial charge in [0.15, 0.2) is 0 Å². The van der Waals surface area contributed by atoms with Crippen LogP contribution in [0.15, 0.2) is 40.6 Å². The van der Waals surface area contributed by atoms with Crippen LogP contribution in [0, 0.1) is 0 Å². The van der Waals surface area contributed by atoms with Gasteiger partial charge in [-0.15, -0.1) is 11.3 Å². The number of carbonyl (C=O) groups excluding carboxylic acids is 1. The molecule has 11 heteroatoms. The molecule has 1 unspecified atom stereocenters. The van der Waals surface area contributed by atoms with Crippen LogP contribution in [0.2, 0.25) is 10.0 Å². The molecule has 1 amide bonds. The lowest BCUT2D eigenvalue weighted by atomic mass is 9.90. The zero-order chi connectivity index (χ0) is 24.3. The number of ether oxygens (including phenoxy) is 1.